The van der Waals surface area contributed by atoms with Crippen LogP contribution < -0.4 is 0 Å². The first-order valence-corrected chi connectivity index (χ1v) is 4.76. The Bertz CT molecular complexity index is 540. The Morgan fingerprint density at radius 3 is 2.75 bits per heavy atom. The molecule has 0 saturated heterocycles. The van der Waals surface area contributed by atoms with E-state index in [9.17, 15) is 9.18 Å². The van der Waals surface area contributed by atoms with Gasteiger partial charge in [-0.2, -0.15) is 0 Å². The Balaban J connectivity index is 2.67. The Labute approximate surface area is 92.0 Å². The number of hydrogen-bond acceptors (Lipinski definition) is 3. The van der Waals surface area contributed by atoms with Crippen LogP contribution in [0.4, 0.5) is 4.39 Å². The van der Waals surface area contributed by atoms with Gasteiger partial charge in [-0.3, -0.25) is 4.79 Å². The van der Waals surface area contributed by atoms with E-state index in [-0.39, 0.29) is 5.56 Å². The molecular weight excluding hydrogens is 207 g/mol. The summed E-state index contributed by atoms with van der Waals surface area (Å²) in [5, 5.41) is 0. The highest BCUT2D eigenvalue weighted by molar-refractivity contribution is 5.85. The lowest BCUT2D eigenvalue weighted by Gasteiger charge is -2.05. The topological polar surface area (TPSA) is 42.9 Å². The predicted molar refractivity (Wildman–Crippen MR) is 57.6 cm³/mol. The molecule has 0 N–H and O–H groups in total. The monoisotopic (exact) mass is 216 g/mol. The van der Waals surface area contributed by atoms with Crippen LogP contribution >= 0.6 is 0 Å². The van der Waals surface area contributed by atoms with Gasteiger partial charge in [-0.15, -0.1) is 0 Å². The van der Waals surface area contributed by atoms with Crippen molar-refractivity contribution in [1.29, 1.82) is 0 Å². The molecule has 4 heteroatoms. The minimum Gasteiger partial charge on any atom is -0.298 e. The fourth-order valence-electron chi connectivity index (χ4n) is 1.43. The molecular formula is C12H9FN2O. The summed E-state index contributed by atoms with van der Waals surface area (Å²) in [6.45, 7) is 1.69. The van der Waals surface area contributed by atoms with Gasteiger partial charge >= 0.3 is 0 Å². The Kier molecular flexibility index (Phi) is 2.72. The van der Waals surface area contributed by atoms with Crippen LogP contribution in [0.2, 0.25) is 0 Å². The molecule has 0 aliphatic rings. The third-order valence-corrected chi connectivity index (χ3v) is 2.19. The number of aldehydes is 1. The van der Waals surface area contributed by atoms with Crippen LogP contribution in [0.15, 0.2) is 30.5 Å². The van der Waals surface area contributed by atoms with E-state index in [0.29, 0.717) is 23.4 Å². The number of halogens is 1. The van der Waals surface area contributed by atoms with Gasteiger partial charge in [0.05, 0.1) is 11.3 Å². The summed E-state index contributed by atoms with van der Waals surface area (Å²) < 4.78 is 13.5. The molecule has 1 aromatic carbocycles. The van der Waals surface area contributed by atoms with Gasteiger partial charge in [0.1, 0.15) is 11.6 Å². The number of rotatable bonds is 2. The summed E-state index contributed by atoms with van der Waals surface area (Å²) in [7, 11) is 0. The van der Waals surface area contributed by atoms with Crippen molar-refractivity contribution in [2.24, 2.45) is 0 Å². The molecule has 0 aliphatic carbocycles. The second-order valence-electron chi connectivity index (χ2n) is 3.32. The average Bonchev–Trinajstić information content (AvgIpc) is 2.29. The largest absolute Gasteiger partial charge is 0.298 e. The molecule has 0 amide bonds. The predicted octanol–water partition coefficient (Wildman–Crippen LogP) is 2.40. The Morgan fingerprint density at radius 2 is 2.06 bits per heavy atom. The lowest BCUT2D eigenvalue weighted by atomic mass is 10.1. The maximum atomic E-state index is 13.5. The second-order valence-corrected chi connectivity index (χ2v) is 3.32. The molecule has 0 saturated carbocycles. The van der Waals surface area contributed by atoms with Crippen molar-refractivity contribution in [2.45, 2.75) is 6.92 Å². The lowest BCUT2D eigenvalue weighted by Crippen LogP contribution is -1.98. The van der Waals surface area contributed by atoms with Crippen molar-refractivity contribution >= 4 is 6.29 Å². The van der Waals surface area contributed by atoms with Gasteiger partial charge in [0.15, 0.2) is 6.29 Å². The zero-order chi connectivity index (χ0) is 11.5. The molecule has 1 heterocycles. The van der Waals surface area contributed by atoms with Gasteiger partial charge in [0, 0.05) is 11.8 Å². The van der Waals surface area contributed by atoms with Gasteiger partial charge in [-0.1, -0.05) is 12.1 Å². The number of carbonyl (C=O) groups is 1. The zero-order valence-electron chi connectivity index (χ0n) is 8.64. The summed E-state index contributed by atoms with van der Waals surface area (Å²) in [6.07, 6.45) is 2.03. The Morgan fingerprint density at radius 1 is 1.31 bits per heavy atom. The SMILES string of the molecule is Cc1ncc(C=O)c(-c2ccccc2F)n1. The van der Waals surface area contributed by atoms with Crippen LogP contribution in [-0.4, -0.2) is 16.3 Å². The third kappa shape index (κ3) is 1.82. The summed E-state index contributed by atoms with van der Waals surface area (Å²) in [4.78, 5) is 18.8. The number of carbonyl (C=O) groups excluding carboxylic acids is 1. The standard InChI is InChI=1S/C12H9FN2O/c1-8-14-6-9(7-16)12(15-8)10-4-2-3-5-11(10)13/h2-7H,1H3. The molecule has 0 atom stereocenters. The fraction of sp³-hybridized carbons (Fsp3) is 0.0833. The quantitative estimate of drug-likeness (QED) is 0.724. The molecule has 2 rings (SSSR count). The lowest BCUT2D eigenvalue weighted by molar-refractivity contribution is 0.112. The summed E-state index contributed by atoms with van der Waals surface area (Å²) >= 11 is 0. The maximum absolute atomic E-state index is 13.5. The molecule has 80 valence electrons. The van der Waals surface area contributed by atoms with Gasteiger partial charge in [-0.05, 0) is 19.1 Å². The minimum atomic E-state index is -0.399. The summed E-state index contributed by atoms with van der Waals surface area (Å²) in [5.74, 6) is 0.104. The van der Waals surface area contributed by atoms with E-state index in [1.165, 1.54) is 12.3 Å². The molecule has 0 unspecified atom stereocenters. The molecule has 0 radical (unpaired) electrons. The van der Waals surface area contributed by atoms with Crippen LogP contribution in [-0.2, 0) is 0 Å². The first-order chi connectivity index (χ1) is 7.72. The van der Waals surface area contributed by atoms with Crippen LogP contribution in [0, 0.1) is 12.7 Å². The highest BCUT2D eigenvalue weighted by Crippen LogP contribution is 2.22. The average molecular weight is 216 g/mol. The number of aryl methyl sites for hydroxylation is 1. The summed E-state index contributed by atoms with van der Waals surface area (Å²) in [5.41, 5.74) is 0.936. The van der Waals surface area contributed by atoms with Gasteiger partial charge in [-0.25, -0.2) is 14.4 Å². The molecule has 3 nitrogen and oxygen atoms in total. The molecule has 0 aliphatic heterocycles. The van der Waals surface area contributed by atoms with Crippen molar-refractivity contribution in [3.63, 3.8) is 0 Å². The number of aromatic nitrogens is 2. The highest BCUT2D eigenvalue weighted by atomic mass is 19.1. The smallest absolute Gasteiger partial charge is 0.153 e. The molecule has 2 aromatic rings. The summed E-state index contributed by atoms with van der Waals surface area (Å²) in [6, 6.07) is 6.21. The van der Waals surface area contributed by atoms with E-state index in [1.807, 2.05) is 0 Å². The van der Waals surface area contributed by atoms with Crippen LogP contribution in [0.25, 0.3) is 11.3 Å². The third-order valence-electron chi connectivity index (χ3n) is 2.19. The van der Waals surface area contributed by atoms with Gasteiger partial charge in [0.25, 0.3) is 0 Å². The zero-order valence-corrected chi connectivity index (χ0v) is 8.64. The fourth-order valence-corrected chi connectivity index (χ4v) is 1.43. The van der Waals surface area contributed by atoms with E-state index in [2.05, 4.69) is 9.97 Å². The number of benzene rings is 1. The number of nitrogens with zero attached hydrogens (tertiary/aromatic N) is 2. The van der Waals surface area contributed by atoms with Crippen molar-refractivity contribution < 1.29 is 9.18 Å². The van der Waals surface area contributed by atoms with Crippen molar-refractivity contribution in [3.8, 4) is 11.3 Å². The van der Waals surface area contributed by atoms with E-state index < -0.39 is 5.82 Å². The molecule has 0 fully saturated rings. The minimum absolute atomic E-state index is 0.288. The molecule has 16 heavy (non-hydrogen) atoms. The first-order valence-electron chi connectivity index (χ1n) is 4.76. The van der Waals surface area contributed by atoms with Crippen molar-refractivity contribution in [3.05, 3.63) is 47.7 Å². The van der Waals surface area contributed by atoms with Crippen LogP contribution in [0.5, 0.6) is 0 Å². The van der Waals surface area contributed by atoms with E-state index in [4.69, 9.17) is 0 Å². The molecule has 0 bridgehead atoms. The number of hydrogen-bond donors (Lipinski definition) is 0. The Hall–Kier alpha value is -2.10. The van der Waals surface area contributed by atoms with E-state index >= 15 is 0 Å². The van der Waals surface area contributed by atoms with Crippen molar-refractivity contribution in [2.75, 3.05) is 0 Å². The normalized spacial score (nSPS) is 10.1. The van der Waals surface area contributed by atoms with E-state index in [1.54, 1.807) is 25.1 Å². The second kappa shape index (κ2) is 4.18. The van der Waals surface area contributed by atoms with Crippen LogP contribution in [0.3, 0.4) is 0 Å². The molecule has 0 spiro atoms. The van der Waals surface area contributed by atoms with Crippen molar-refractivity contribution in [1.82, 2.24) is 9.97 Å². The van der Waals surface area contributed by atoms with Gasteiger partial charge in [0.2, 0.25) is 0 Å². The molecule has 1 aromatic heterocycles. The first kappa shape index (κ1) is 10.4. The van der Waals surface area contributed by atoms with Crippen LogP contribution in [0.1, 0.15) is 16.2 Å². The van der Waals surface area contributed by atoms with E-state index in [0.717, 1.165) is 0 Å². The van der Waals surface area contributed by atoms with Gasteiger partial charge < -0.3 is 0 Å². The highest BCUT2D eigenvalue weighted by Gasteiger charge is 2.11. The maximum Gasteiger partial charge on any atom is 0.153 e.